The molecule has 0 saturated carbocycles. The van der Waals surface area contributed by atoms with Crippen molar-refractivity contribution < 1.29 is 14.4 Å². The second-order valence-corrected chi connectivity index (χ2v) is 5.52. The van der Waals surface area contributed by atoms with Gasteiger partial charge in [0.15, 0.2) is 0 Å². The van der Waals surface area contributed by atoms with Crippen molar-refractivity contribution in [3.8, 4) is 0 Å². The number of rotatable bonds is 4. The van der Waals surface area contributed by atoms with Crippen LogP contribution in [-0.2, 0) is 9.59 Å². The third-order valence-corrected chi connectivity index (χ3v) is 3.18. The molecule has 0 saturated heterocycles. The summed E-state index contributed by atoms with van der Waals surface area (Å²) < 4.78 is 0. The average Bonchev–Trinajstić information content (AvgIpc) is 2.61. The molecule has 0 aromatic heterocycles. The molecule has 0 unspecified atom stereocenters. The summed E-state index contributed by atoms with van der Waals surface area (Å²) in [4.78, 5) is 36.7. The van der Waals surface area contributed by atoms with Gasteiger partial charge in [0.25, 0.3) is 11.7 Å². The van der Waals surface area contributed by atoms with E-state index in [2.05, 4.69) is 5.32 Å². The van der Waals surface area contributed by atoms with Gasteiger partial charge >= 0.3 is 0 Å². The summed E-state index contributed by atoms with van der Waals surface area (Å²) in [5.74, 6) is -1.28. The van der Waals surface area contributed by atoms with Crippen LogP contribution in [0.3, 0.4) is 0 Å². The van der Waals surface area contributed by atoms with Crippen molar-refractivity contribution in [3.05, 3.63) is 28.8 Å². The Morgan fingerprint density at radius 1 is 1.35 bits per heavy atom. The molecule has 2 amide bonds. The molecule has 1 N–H and O–H groups in total. The van der Waals surface area contributed by atoms with Crippen molar-refractivity contribution in [1.29, 1.82) is 0 Å². The van der Waals surface area contributed by atoms with Gasteiger partial charge in [0.05, 0.1) is 11.3 Å². The molecular weight excluding hydrogens is 280 g/mol. The lowest BCUT2D eigenvalue weighted by atomic mass is 10.1. The van der Waals surface area contributed by atoms with Crippen LogP contribution in [-0.4, -0.2) is 30.7 Å². The highest BCUT2D eigenvalue weighted by molar-refractivity contribution is 6.53. The predicted molar refractivity (Wildman–Crippen MR) is 76.0 cm³/mol. The van der Waals surface area contributed by atoms with Crippen LogP contribution in [0.5, 0.6) is 0 Å². The number of benzene rings is 1. The number of carbonyl (C=O) groups excluding carboxylic acids is 3. The summed E-state index contributed by atoms with van der Waals surface area (Å²) in [6.07, 6.45) is 0. The fraction of sp³-hybridized carbons (Fsp3) is 0.357. The summed E-state index contributed by atoms with van der Waals surface area (Å²) in [5, 5.41) is 3.13. The molecule has 0 spiro atoms. The molecule has 5 nitrogen and oxygen atoms in total. The number of halogens is 1. The first-order chi connectivity index (χ1) is 9.40. The van der Waals surface area contributed by atoms with Gasteiger partial charge in [-0.25, -0.2) is 0 Å². The Labute approximate surface area is 121 Å². The number of nitrogens with one attached hydrogen (secondary N) is 1. The average molecular weight is 295 g/mol. The van der Waals surface area contributed by atoms with Gasteiger partial charge in [-0.2, -0.15) is 0 Å². The molecule has 1 aromatic carbocycles. The molecule has 2 rings (SSSR count). The van der Waals surface area contributed by atoms with E-state index in [4.69, 9.17) is 11.6 Å². The van der Waals surface area contributed by atoms with E-state index in [0.29, 0.717) is 23.2 Å². The van der Waals surface area contributed by atoms with E-state index in [1.807, 2.05) is 13.8 Å². The third kappa shape index (κ3) is 2.82. The van der Waals surface area contributed by atoms with Crippen LogP contribution in [0.15, 0.2) is 18.2 Å². The molecule has 0 bridgehead atoms. The molecule has 20 heavy (non-hydrogen) atoms. The van der Waals surface area contributed by atoms with E-state index in [0.717, 1.165) is 0 Å². The highest BCUT2D eigenvalue weighted by Gasteiger charge is 2.36. The van der Waals surface area contributed by atoms with E-state index < -0.39 is 11.7 Å². The smallest absolute Gasteiger partial charge is 0.299 e. The molecule has 1 aliphatic heterocycles. The van der Waals surface area contributed by atoms with Crippen LogP contribution in [0.4, 0.5) is 5.69 Å². The first-order valence-corrected chi connectivity index (χ1v) is 6.70. The van der Waals surface area contributed by atoms with E-state index in [9.17, 15) is 14.4 Å². The van der Waals surface area contributed by atoms with Crippen molar-refractivity contribution >= 4 is 34.9 Å². The number of carbonyl (C=O) groups is 3. The van der Waals surface area contributed by atoms with Crippen LogP contribution in [0.1, 0.15) is 24.2 Å². The van der Waals surface area contributed by atoms with E-state index >= 15 is 0 Å². The number of ketones is 1. The minimum absolute atomic E-state index is 0.176. The zero-order valence-corrected chi connectivity index (χ0v) is 12.0. The second-order valence-electron chi connectivity index (χ2n) is 5.08. The lowest BCUT2D eigenvalue weighted by Gasteiger charge is -2.16. The lowest BCUT2D eigenvalue weighted by Crippen LogP contribution is -2.41. The Morgan fingerprint density at radius 3 is 2.70 bits per heavy atom. The molecular formula is C14H15ClN2O3. The molecule has 1 heterocycles. The maximum absolute atomic E-state index is 11.9. The van der Waals surface area contributed by atoms with Gasteiger partial charge in [0.2, 0.25) is 5.91 Å². The summed E-state index contributed by atoms with van der Waals surface area (Å²) in [6, 6.07) is 4.58. The minimum Gasteiger partial charge on any atom is -0.354 e. The number of amides is 2. The van der Waals surface area contributed by atoms with E-state index in [-0.39, 0.29) is 18.0 Å². The molecule has 0 radical (unpaired) electrons. The quantitative estimate of drug-likeness (QED) is 0.859. The van der Waals surface area contributed by atoms with Gasteiger partial charge < -0.3 is 5.32 Å². The highest BCUT2D eigenvalue weighted by Crippen LogP contribution is 2.31. The molecule has 1 aromatic rings. The Bertz CT molecular complexity index is 584. The van der Waals surface area contributed by atoms with Crippen molar-refractivity contribution in [1.82, 2.24) is 5.32 Å². The summed E-state index contributed by atoms with van der Waals surface area (Å²) >= 11 is 5.87. The monoisotopic (exact) mass is 294 g/mol. The van der Waals surface area contributed by atoms with E-state index in [1.54, 1.807) is 6.07 Å². The van der Waals surface area contributed by atoms with Crippen LogP contribution in [0, 0.1) is 5.92 Å². The fourth-order valence-corrected chi connectivity index (χ4v) is 2.11. The Balaban J connectivity index is 2.17. The molecule has 1 aliphatic rings. The molecule has 0 aliphatic carbocycles. The first-order valence-electron chi connectivity index (χ1n) is 6.32. The predicted octanol–water partition coefficient (Wildman–Crippen LogP) is 1.64. The Morgan fingerprint density at radius 2 is 2.05 bits per heavy atom. The van der Waals surface area contributed by atoms with Crippen molar-refractivity contribution in [2.45, 2.75) is 13.8 Å². The number of hydrogen-bond donors (Lipinski definition) is 1. The van der Waals surface area contributed by atoms with E-state index in [1.165, 1.54) is 17.0 Å². The van der Waals surface area contributed by atoms with Crippen molar-refractivity contribution in [2.75, 3.05) is 18.0 Å². The Hall–Kier alpha value is -1.88. The van der Waals surface area contributed by atoms with Crippen LogP contribution in [0.2, 0.25) is 5.02 Å². The Kier molecular flexibility index (Phi) is 4.09. The lowest BCUT2D eigenvalue weighted by molar-refractivity contribution is -0.122. The van der Waals surface area contributed by atoms with Crippen molar-refractivity contribution in [2.24, 2.45) is 5.92 Å². The number of Topliss-reactive ketones (excluding diaryl/α,β-unsaturated/α-hetero) is 1. The number of fused-ring (bicyclic) bond motifs is 1. The minimum atomic E-state index is -0.693. The number of anilines is 1. The fourth-order valence-electron chi connectivity index (χ4n) is 1.94. The van der Waals surface area contributed by atoms with Crippen LogP contribution in [0.25, 0.3) is 0 Å². The third-order valence-electron chi connectivity index (χ3n) is 2.94. The van der Waals surface area contributed by atoms with Crippen LogP contribution >= 0.6 is 11.6 Å². The molecule has 0 atom stereocenters. The van der Waals surface area contributed by atoms with Gasteiger partial charge in [0, 0.05) is 11.6 Å². The summed E-state index contributed by atoms with van der Waals surface area (Å²) in [7, 11) is 0. The largest absolute Gasteiger partial charge is 0.354 e. The van der Waals surface area contributed by atoms with Crippen molar-refractivity contribution in [3.63, 3.8) is 0 Å². The normalized spacial score (nSPS) is 13.9. The SMILES string of the molecule is CC(C)CNC(=O)CN1C(=O)C(=O)c2ccc(Cl)cc21. The van der Waals surface area contributed by atoms with Crippen LogP contribution < -0.4 is 10.2 Å². The van der Waals surface area contributed by atoms with Gasteiger partial charge in [-0.15, -0.1) is 0 Å². The van der Waals surface area contributed by atoms with Gasteiger partial charge in [-0.05, 0) is 24.1 Å². The summed E-state index contributed by atoms with van der Waals surface area (Å²) in [6.45, 7) is 4.29. The molecule has 6 heteroatoms. The zero-order valence-electron chi connectivity index (χ0n) is 11.3. The maximum atomic E-state index is 11.9. The first kappa shape index (κ1) is 14.5. The number of nitrogens with zero attached hydrogens (tertiary/aromatic N) is 1. The topological polar surface area (TPSA) is 66.5 Å². The number of hydrogen-bond acceptors (Lipinski definition) is 3. The zero-order chi connectivity index (χ0) is 14.9. The van der Waals surface area contributed by atoms with Gasteiger partial charge in [0.1, 0.15) is 6.54 Å². The summed E-state index contributed by atoms with van der Waals surface area (Å²) in [5.41, 5.74) is 0.684. The van der Waals surface area contributed by atoms with Gasteiger partial charge in [-0.3, -0.25) is 19.3 Å². The maximum Gasteiger partial charge on any atom is 0.299 e. The highest BCUT2D eigenvalue weighted by atomic mass is 35.5. The van der Waals surface area contributed by atoms with Gasteiger partial charge in [-0.1, -0.05) is 25.4 Å². The standard InChI is InChI=1S/C14H15ClN2O3/c1-8(2)6-16-12(18)7-17-11-5-9(15)3-4-10(11)13(19)14(17)20/h3-5,8H,6-7H2,1-2H3,(H,16,18). The molecule has 106 valence electrons. The molecule has 0 fully saturated rings. The second kappa shape index (κ2) is 5.63.